The molecule has 0 bridgehead atoms. The van der Waals surface area contributed by atoms with Gasteiger partial charge in [-0.25, -0.2) is 0 Å². The van der Waals surface area contributed by atoms with Crippen LogP contribution in [0, 0.1) is 16.0 Å². The molecule has 0 aromatic carbocycles. The van der Waals surface area contributed by atoms with Gasteiger partial charge in [-0.2, -0.15) is 5.26 Å². The molecule has 2 aliphatic rings. The SMILES string of the molecule is N#Cc1cc2c(n(C3OC(CO)C(O)C(O)C3O)c1=S)CCC2. The fourth-order valence-corrected chi connectivity index (χ4v) is 3.63. The van der Waals surface area contributed by atoms with E-state index in [1.807, 2.05) is 6.07 Å². The lowest BCUT2D eigenvalue weighted by Crippen LogP contribution is -2.56. The van der Waals surface area contributed by atoms with E-state index in [1.54, 1.807) is 10.6 Å². The van der Waals surface area contributed by atoms with Crippen molar-refractivity contribution in [1.29, 1.82) is 5.26 Å². The summed E-state index contributed by atoms with van der Waals surface area (Å²) in [5, 5.41) is 48.8. The largest absolute Gasteiger partial charge is 0.394 e. The first-order chi connectivity index (χ1) is 11.0. The molecule has 8 heteroatoms. The van der Waals surface area contributed by atoms with Crippen LogP contribution in [-0.2, 0) is 17.6 Å². The van der Waals surface area contributed by atoms with Crippen LogP contribution < -0.4 is 0 Å². The second kappa shape index (κ2) is 6.28. The van der Waals surface area contributed by atoms with Gasteiger partial charge < -0.3 is 29.7 Å². The molecule has 5 atom stereocenters. The summed E-state index contributed by atoms with van der Waals surface area (Å²) in [6.45, 7) is -0.505. The number of ether oxygens (including phenoxy) is 1. The summed E-state index contributed by atoms with van der Waals surface area (Å²) in [7, 11) is 0. The summed E-state index contributed by atoms with van der Waals surface area (Å²) in [6.07, 6.45) is -3.96. The van der Waals surface area contributed by atoms with Crippen molar-refractivity contribution in [2.75, 3.05) is 6.61 Å². The molecular weight excluding hydrogens is 320 g/mol. The van der Waals surface area contributed by atoms with Gasteiger partial charge in [0.1, 0.15) is 35.1 Å². The van der Waals surface area contributed by atoms with Crippen molar-refractivity contribution in [3.8, 4) is 6.07 Å². The van der Waals surface area contributed by atoms with Crippen LogP contribution in [-0.4, -0.2) is 56.0 Å². The van der Waals surface area contributed by atoms with Gasteiger partial charge in [-0.05, 0) is 30.9 Å². The zero-order valence-corrected chi connectivity index (χ0v) is 13.1. The molecule has 2 heterocycles. The monoisotopic (exact) mass is 338 g/mol. The van der Waals surface area contributed by atoms with E-state index in [0.717, 1.165) is 30.5 Å². The second-order valence-corrected chi connectivity index (χ2v) is 6.28. The van der Waals surface area contributed by atoms with Crippen LogP contribution in [0.5, 0.6) is 0 Å². The number of fused-ring (bicyclic) bond motifs is 1. The van der Waals surface area contributed by atoms with Gasteiger partial charge in [0, 0.05) is 5.69 Å². The van der Waals surface area contributed by atoms with Crippen LogP contribution in [0.25, 0.3) is 0 Å². The van der Waals surface area contributed by atoms with Crippen molar-refractivity contribution in [2.45, 2.75) is 49.9 Å². The second-order valence-electron chi connectivity index (χ2n) is 5.89. The Morgan fingerprint density at radius 2 is 2.00 bits per heavy atom. The molecule has 0 radical (unpaired) electrons. The molecule has 0 amide bonds. The smallest absolute Gasteiger partial charge is 0.164 e. The minimum Gasteiger partial charge on any atom is -0.394 e. The molecule has 0 spiro atoms. The highest BCUT2D eigenvalue weighted by molar-refractivity contribution is 7.71. The zero-order valence-electron chi connectivity index (χ0n) is 12.3. The predicted octanol–water partition coefficient (Wildman–Crippen LogP) is -0.450. The van der Waals surface area contributed by atoms with E-state index in [-0.39, 0.29) is 4.64 Å². The number of hydrogen-bond acceptors (Lipinski definition) is 7. The third-order valence-electron chi connectivity index (χ3n) is 4.53. The molecule has 4 N–H and O–H groups in total. The number of aromatic nitrogens is 1. The highest BCUT2D eigenvalue weighted by Crippen LogP contribution is 2.33. The van der Waals surface area contributed by atoms with Gasteiger partial charge in [0.2, 0.25) is 0 Å². The van der Waals surface area contributed by atoms with E-state index in [0.29, 0.717) is 5.56 Å². The van der Waals surface area contributed by atoms with Crippen LogP contribution in [0.2, 0.25) is 0 Å². The van der Waals surface area contributed by atoms with Crippen LogP contribution in [0.4, 0.5) is 0 Å². The van der Waals surface area contributed by atoms with Crippen molar-refractivity contribution >= 4 is 12.2 Å². The average molecular weight is 338 g/mol. The fraction of sp³-hybridized carbons (Fsp3) is 0.600. The molecule has 124 valence electrons. The summed E-state index contributed by atoms with van der Waals surface area (Å²) >= 11 is 5.35. The van der Waals surface area contributed by atoms with Crippen LogP contribution in [0.15, 0.2) is 6.07 Å². The first-order valence-corrected chi connectivity index (χ1v) is 7.88. The number of nitriles is 1. The Labute approximate surface area is 138 Å². The van der Waals surface area contributed by atoms with Crippen molar-refractivity contribution < 1.29 is 25.2 Å². The van der Waals surface area contributed by atoms with E-state index in [9.17, 15) is 25.7 Å². The van der Waals surface area contributed by atoms with Crippen molar-refractivity contribution in [3.05, 3.63) is 27.5 Å². The van der Waals surface area contributed by atoms with Gasteiger partial charge in [-0.15, -0.1) is 0 Å². The van der Waals surface area contributed by atoms with Gasteiger partial charge in [0.05, 0.1) is 12.2 Å². The number of rotatable bonds is 2. The first-order valence-electron chi connectivity index (χ1n) is 7.47. The Balaban J connectivity index is 2.13. The minimum absolute atomic E-state index is 0.220. The molecule has 1 aliphatic carbocycles. The van der Waals surface area contributed by atoms with E-state index in [4.69, 9.17) is 17.0 Å². The third kappa shape index (κ3) is 2.59. The third-order valence-corrected chi connectivity index (χ3v) is 4.95. The topological polar surface area (TPSA) is 119 Å². The number of aliphatic hydroxyl groups is 4. The Kier molecular flexibility index (Phi) is 4.51. The number of pyridine rings is 1. The number of aliphatic hydroxyl groups excluding tert-OH is 4. The molecule has 1 aromatic rings. The lowest BCUT2D eigenvalue weighted by Gasteiger charge is -2.41. The quantitative estimate of drug-likeness (QED) is 0.539. The molecule has 1 saturated heterocycles. The molecule has 0 saturated carbocycles. The zero-order chi connectivity index (χ0) is 16.7. The van der Waals surface area contributed by atoms with E-state index >= 15 is 0 Å². The van der Waals surface area contributed by atoms with Crippen molar-refractivity contribution in [3.63, 3.8) is 0 Å². The maximum atomic E-state index is 10.3. The van der Waals surface area contributed by atoms with Crippen LogP contribution >= 0.6 is 12.2 Å². The standard InChI is InChI=1S/C15H18N2O5S/c16-5-8-4-7-2-1-3-9(7)17(15(8)23)14-13(21)12(20)11(19)10(6-18)22-14/h4,10-14,18-21H,1-3,6H2. The maximum absolute atomic E-state index is 10.3. The Bertz CT molecular complexity index is 711. The van der Waals surface area contributed by atoms with Gasteiger partial charge in [0.25, 0.3) is 0 Å². The summed E-state index contributed by atoms with van der Waals surface area (Å²) in [6, 6.07) is 3.80. The van der Waals surface area contributed by atoms with Crippen LogP contribution in [0.1, 0.15) is 29.5 Å². The highest BCUT2D eigenvalue weighted by atomic mass is 32.1. The summed E-state index contributed by atoms with van der Waals surface area (Å²) in [5.41, 5.74) is 2.13. The molecule has 23 heavy (non-hydrogen) atoms. The molecule has 1 aromatic heterocycles. The Hall–Kier alpha value is -1.34. The molecular formula is C15H18N2O5S. The molecule has 3 rings (SSSR count). The maximum Gasteiger partial charge on any atom is 0.164 e. The van der Waals surface area contributed by atoms with Gasteiger partial charge in [-0.1, -0.05) is 12.2 Å². The molecule has 5 unspecified atom stereocenters. The number of hydrogen-bond donors (Lipinski definition) is 4. The summed E-state index contributed by atoms with van der Waals surface area (Å²) in [4.78, 5) is 0. The van der Waals surface area contributed by atoms with E-state index < -0.39 is 37.3 Å². The summed E-state index contributed by atoms with van der Waals surface area (Å²) < 4.78 is 7.37. The molecule has 1 aliphatic heterocycles. The summed E-state index contributed by atoms with van der Waals surface area (Å²) in [5.74, 6) is 0. The van der Waals surface area contributed by atoms with Gasteiger partial charge >= 0.3 is 0 Å². The van der Waals surface area contributed by atoms with Gasteiger partial charge in [-0.3, -0.25) is 0 Å². The minimum atomic E-state index is -1.48. The predicted molar refractivity (Wildman–Crippen MR) is 81.0 cm³/mol. The fourth-order valence-electron chi connectivity index (χ4n) is 3.31. The van der Waals surface area contributed by atoms with E-state index in [1.165, 1.54) is 0 Å². The normalized spacial score (nSPS) is 33.3. The Morgan fingerprint density at radius 1 is 1.26 bits per heavy atom. The van der Waals surface area contributed by atoms with Crippen LogP contribution in [0.3, 0.4) is 0 Å². The van der Waals surface area contributed by atoms with Crippen molar-refractivity contribution in [2.24, 2.45) is 0 Å². The first kappa shape index (κ1) is 16.5. The number of aryl methyl sites for hydroxylation is 1. The Morgan fingerprint density at radius 3 is 2.65 bits per heavy atom. The molecule has 7 nitrogen and oxygen atoms in total. The van der Waals surface area contributed by atoms with E-state index in [2.05, 4.69) is 0 Å². The lowest BCUT2D eigenvalue weighted by molar-refractivity contribution is -0.252. The lowest BCUT2D eigenvalue weighted by atomic mass is 9.97. The number of nitrogens with zero attached hydrogens (tertiary/aromatic N) is 2. The van der Waals surface area contributed by atoms with Gasteiger partial charge in [0.15, 0.2) is 6.23 Å². The van der Waals surface area contributed by atoms with Crippen molar-refractivity contribution in [1.82, 2.24) is 4.57 Å². The molecule has 1 fully saturated rings. The average Bonchev–Trinajstić information content (AvgIpc) is 3.01. The highest BCUT2D eigenvalue weighted by Gasteiger charge is 2.45.